The summed E-state index contributed by atoms with van der Waals surface area (Å²) in [5.41, 5.74) is 2.09. The summed E-state index contributed by atoms with van der Waals surface area (Å²) in [6, 6.07) is 10.1. The molecule has 1 rings (SSSR count). The lowest BCUT2D eigenvalue weighted by Gasteiger charge is -2.00. The van der Waals surface area contributed by atoms with Gasteiger partial charge in [0.2, 0.25) is 0 Å². The van der Waals surface area contributed by atoms with Crippen LogP contribution in [0.3, 0.4) is 0 Å². The molecule has 1 aromatic carbocycles. The molecule has 80 valence electrons. The number of carbonyl (C=O) groups is 1. The molecule has 0 aliphatic carbocycles. The Balaban J connectivity index is 2.37. The Morgan fingerprint density at radius 1 is 1.27 bits per heavy atom. The molecule has 0 saturated heterocycles. The number of hydrogen-bond acceptors (Lipinski definition) is 3. The molecule has 3 nitrogen and oxygen atoms in total. The Morgan fingerprint density at radius 3 is 2.53 bits per heavy atom. The third-order valence-corrected chi connectivity index (χ3v) is 1.95. The van der Waals surface area contributed by atoms with Gasteiger partial charge in [-0.15, -0.1) is 0 Å². The molecular formula is C12H15NO2. The zero-order valence-electron chi connectivity index (χ0n) is 9.06. The minimum atomic E-state index is -0.380. The Kier molecular flexibility index (Phi) is 4.54. The number of aryl methyl sites for hydroxylation is 1. The van der Waals surface area contributed by atoms with Crippen molar-refractivity contribution in [2.24, 2.45) is 5.16 Å². The van der Waals surface area contributed by atoms with E-state index in [2.05, 4.69) is 22.1 Å². The van der Waals surface area contributed by atoms with Gasteiger partial charge in [-0.05, 0) is 25.3 Å². The van der Waals surface area contributed by atoms with Crippen molar-refractivity contribution >= 4 is 11.7 Å². The third kappa shape index (κ3) is 4.96. The van der Waals surface area contributed by atoms with Gasteiger partial charge in [-0.3, -0.25) is 0 Å². The van der Waals surface area contributed by atoms with Gasteiger partial charge in [0.15, 0.2) is 0 Å². The first-order chi connectivity index (χ1) is 7.18. The zero-order chi connectivity index (χ0) is 11.1. The quantitative estimate of drug-likeness (QED) is 0.430. The summed E-state index contributed by atoms with van der Waals surface area (Å²) >= 11 is 0. The van der Waals surface area contributed by atoms with Crippen molar-refractivity contribution in [1.82, 2.24) is 0 Å². The summed E-state index contributed by atoms with van der Waals surface area (Å²) in [5.74, 6) is -0.380. The van der Waals surface area contributed by atoms with Crippen LogP contribution in [0, 0.1) is 0 Å². The van der Waals surface area contributed by atoms with Gasteiger partial charge in [-0.2, -0.15) is 0 Å². The maximum atomic E-state index is 10.5. The summed E-state index contributed by atoms with van der Waals surface area (Å²) in [6.07, 6.45) is 1.72. The standard InChI is InChI=1S/C12H15NO2/c1-10(13-15-11(2)14)8-9-12-6-4-3-5-7-12/h3-7H,8-9H2,1-2H3. The molecule has 0 aliphatic heterocycles. The Bertz CT molecular complexity index is 344. The molecule has 0 amide bonds. The van der Waals surface area contributed by atoms with E-state index in [0.29, 0.717) is 0 Å². The van der Waals surface area contributed by atoms with E-state index in [9.17, 15) is 4.79 Å². The fourth-order valence-corrected chi connectivity index (χ4v) is 1.16. The molecule has 0 atom stereocenters. The summed E-state index contributed by atoms with van der Waals surface area (Å²) in [6.45, 7) is 3.19. The van der Waals surface area contributed by atoms with Crippen LogP contribution in [0.2, 0.25) is 0 Å². The van der Waals surface area contributed by atoms with E-state index in [4.69, 9.17) is 0 Å². The van der Waals surface area contributed by atoms with E-state index in [1.807, 2.05) is 25.1 Å². The average Bonchev–Trinajstić information content (AvgIpc) is 2.25. The summed E-state index contributed by atoms with van der Waals surface area (Å²) in [5, 5.41) is 3.71. The van der Waals surface area contributed by atoms with Crippen LogP contribution in [0.25, 0.3) is 0 Å². The van der Waals surface area contributed by atoms with Gasteiger partial charge in [-0.1, -0.05) is 35.5 Å². The predicted molar refractivity (Wildman–Crippen MR) is 59.6 cm³/mol. The van der Waals surface area contributed by atoms with Gasteiger partial charge in [0, 0.05) is 6.92 Å². The molecule has 1 aromatic rings. The number of benzene rings is 1. The Morgan fingerprint density at radius 2 is 1.93 bits per heavy atom. The largest absolute Gasteiger partial charge is 0.331 e. The third-order valence-electron chi connectivity index (χ3n) is 1.95. The van der Waals surface area contributed by atoms with Crippen molar-refractivity contribution < 1.29 is 9.63 Å². The van der Waals surface area contributed by atoms with Gasteiger partial charge in [0.25, 0.3) is 0 Å². The molecule has 0 saturated carbocycles. The Labute approximate surface area is 89.7 Å². The zero-order valence-corrected chi connectivity index (χ0v) is 9.06. The fraction of sp³-hybridized carbons (Fsp3) is 0.333. The highest BCUT2D eigenvalue weighted by Crippen LogP contribution is 2.03. The van der Waals surface area contributed by atoms with Crippen molar-refractivity contribution in [3.8, 4) is 0 Å². The van der Waals surface area contributed by atoms with Crippen LogP contribution >= 0.6 is 0 Å². The van der Waals surface area contributed by atoms with Crippen LogP contribution in [-0.2, 0) is 16.1 Å². The van der Waals surface area contributed by atoms with Crippen molar-refractivity contribution in [3.63, 3.8) is 0 Å². The molecule has 0 heterocycles. The highest BCUT2D eigenvalue weighted by atomic mass is 16.7. The van der Waals surface area contributed by atoms with Crippen LogP contribution in [-0.4, -0.2) is 11.7 Å². The maximum Gasteiger partial charge on any atom is 0.331 e. The van der Waals surface area contributed by atoms with E-state index in [-0.39, 0.29) is 5.97 Å². The van der Waals surface area contributed by atoms with Gasteiger partial charge in [0.1, 0.15) is 0 Å². The SMILES string of the molecule is CC(=O)ON=C(C)CCc1ccccc1. The van der Waals surface area contributed by atoms with E-state index >= 15 is 0 Å². The molecule has 3 heteroatoms. The number of nitrogens with zero attached hydrogens (tertiary/aromatic N) is 1. The smallest absolute Gasteiger partial charge is 0.319 e. The number of carbonyl (C=O) groups excluding carboxylic acids is 1. The molecule has 0 radical (unpaired) electrons. The lowest BCUT2D eigenvalue weighted by molar-refractivity contribution is -0.140. The van der Waals surface area contributed by atoms with E-state index in [1.165, 1.54) is 12.5 Å². The lowest BCUT2D eigenvalue weighted by Crippen LogP contribution is -1.99. The molecule has 0 bridgehead atoms. The molecule has 0 N–H and O–H groups in total. The topological polar surface area (TPSA) is 38.7 Å². The number of hydrogen-bond donors (Lipinski definition) is 0. The summed E-state index contributed by atoms with van der Waals surface area (Å²) in [7, 11) is 0. The first kappa shape index (κ1) is 11.4. The van der Waals surface area contributed by atoms with Gasteiger partial charge >= 0.3 is 5.97 Å². The first-order valence-corrected chi connectivity index (χ1v) is 4.93. The van der Waals surface area contributed by atoms with Crippen molar-refractivity contribution in [1.29, 1.82) is 0 Å². The second kappa shape index (κ2) is 5.96. The monoisotopic (exact) mass is 205 g/mol. The number of rotatable bonds is 4. The van der Waals surface area contributed by atoms with Crippen LogP contribution in [0.1, 0.15) is 25.8 Å². The molecule has 0 spiro atoms. The Hall–Kier alpha value is -1.64. The fourth-order valence-electron chi connectivity index (χ4n) is 1.16. The molecule has 0 aliphatic rings. The van der Waals surface area contributed by atoms with Crippen LogP contribution in [0.15, 0.2) is 35.5 Å². The first-order valence-electron chi connectivity index (χ1n) is 4.93. The van der Waals surface area contributed by atoms with E-state index < -0.39 is 0 Å². The van der Waals surface area contributed by atoms with Crippen LogP contribution < -0.4 is 0 Å². The molecular weight excluding hydrogens is 190 g/mol. The average molecular weight is 205 g/mol. The normalized spacial score (nSPS) is 11.2. The predicted octanol–water partition coefficient (Wildman–Crippen LogP) is 2.56. The molecule has 0 aromatic heterocycles. The highest BCUT2D eigenvalue weighted by Gasteiger charge is 1.96. The second-order valence-corrected chi connectivity index (χ2v) is 3.40. The molecule has 15 heavy (non-hydrogen) atoms. The minimum Gasteiger partial charge on any atom is -0.319 e. The minimum absolute atomic E-state index is 0.380. The van der Waals surface area contributed by atoms with E-state index in [0.717, 1.165) is 18.6 Å². The van der Waals surface area contributed by atoms with E-state index in [1.54, 1.807) is 0 Å². The lowest BCUT2D eigenvalue weighted by atomic mass is 10.1. The maximum absolute atomic E-state index is 10.5. The highest BCUT2D eigenvalue weighted by molar-refractivity contribution is 5.82. The van der Waals surface area contributed by atoms with Crippen molar-refractivity contribution in [2.45, 2.75) is 26.7 Å². The molecule has 0 unspecified atom stereocenters. The van der Waals surface area contributed by atoms with Gasteiger partial charge < -0.3 is 4.84 Å². The summed E-state index contributed by atoms with van der Waals surface area (Å²) < 4.78 is 0. The number of oxime groups is 1. The van der Waals surface area contributed by atoms with Gasteiger partial charge in [-0.25, -0.2) is 4.79 Å². The van der Waals surface area contributed by atoms with Crippen LogP contribution in [0.4, 0.5) is 0 Å². The second-order valence-electron chi connectivity index (χ2n) is 3.40. The van der Waals surface area contributed by atoms with Gasteiger partial charge in [0.05, 0.1) is 5.71 Å². The van der Waals surface area contributed by atoms with Crippen LogP contribution in [0.5, 0.6) is 0 Å². The van der Waals surface area contributed by atoms with Crippen molar-refractivity contribution in [2.75, 3.05) is 0 Å². The van der Waals surface area contributed by atoms with Crippen molar-refractivity contribution in [3.05, 3.63) is 35.9 Å². The summed E-state index contributed by atoms with van der Waals surface area (Å²) in [4.78, 5) is 15.0. The molecule has 0 fully saturated rings.